The van der Waals surface area contributed by atoms with E-state index in [1.54, 1.807) is 6.33 Å². The molecule has 1 heterocycles. The molecule has 1 aromatic heterocycles. The molecule has 27 heavy (non-hydrogen) atoms. The molecule has 0 amide bonds. The zero-order chi connectivity index (χ0) is 18.7. The lowest BCUT2D eigenvalue weighted by Crippen LogP contribution is -2.37. The number of benzene rings is 2. The Hall–Kier alpha value is -2.33. The molecule has 2 aromatic carbocycles. The number of hydrogen-bond donors (Lipinski definition) is 2. The molecule has 1 aliphatic rings. The Kier molecular flexibility index (Phi) is 5.17. The highest BCUT2D eigenvalue weighted by molar-refractivity contribution is 5.81. The average molecular weight is 364 g/mol. The van der Waals surface area contributed by atoms with Gasteiger partial charge in [0, 0.05) is 12.6 Å². The fourth-order valence-electron chi connectivity index (χ4n) is 3.92. The van der Waals surface area contributed by atoms with Crippen molar-refractivity contribution in [2.24, 2.45) is 5.41 Å². The molecule has 0 aliphatic heterocycles. The van der Waals surface area contributed by atoms with Gasteiger partial charge in [0.2, 0.25) is 0 Å². The first-order valence-electron chi connectivity index (χ1n) is 9.99. The van der Waals surface area contributed by atoms with E-state index >= 15 is 0 Å². The maximum Gasteiger partial charge on any atom is 0.119 e. The maximum atomic E-state index is 5.99. The maximum absolute atomic E-state index is 5.99. The predicted molar refractivity (Wildman–Crippen MR) is 111 cm³/mol. The lowest BCUT2D eigenvalue weighted by Gasteiger charge is -2.34. The molecule has 2 N–H and O–H groups in total. The molecule has 3 aromatic rings. The highest BCUT2D eigenvalue weighted by Gasteiger charge is 2.26. The number of H-pyrrole nitrogens is 1. The van der Waals surface area contributed by atoms with E-state index in [4.69, 9.17) is 4.74 Å². The van der Waals surface area contributed by atoms with Crippen LogP contribution in [0.3, 0.4) is 0 Å². The van der Waals surface area contributed by atoms with Crippen molar-refractivity contribution in [3.8, 4) is 16.9 Å². The normalized spacial score (nSPS) is 17.3. The first kappa shape index (κ1) is 18.1. The molecule has 1 saturated carbocycles. The van der Waals surface area contributed by atoms with E-state index in [0.29, 0.717) is 18.1 Å². The Morgan fingerprint density at radius 1 is 1.11 bits per heavy atom. The second kappa shape index (κ2) is 7.73. The third-order valence-corrected chi connectivity index (χ3v) is 5.73. The summed E-state index contributed by atoms with van der Waals surface area (Å²) >= 11 is 0. The van der Waals surface area contributed by atoms with Crippen LogP contribution in [-0.4, -0.2) is 29.2 Å². The van der Waals surface area contributed by atoms with Gasteiger partial charge in [0.05, 0.1) is 17.4 Å². The average Bonchev–Trinajstić information content (AvgIpc) is 3.14. The third kappa shape index (κ3) is 4.51. The Morgan fingerprint density at radius 2 is 1.93 bits per heavy atom. The topological polar surface area (TPSA) is 49.9 Å². The predicted octanol–water partition coefficient (Wildman–Crippen LogP) is 5.17. The number of fused-ring (bicyclic) bond motifs is 1. The van der Waals surface area contributed by atoms with Crippen molar-refractivity contribution in [2.75, 3.05) is 13.2 Å². The molecule has 4 nitrogen and oxygen atoms in total. The third-order valence-electron chi connectivity index (χ3n) is 5.73. The smallest absolute Gasteiger partial charge is 0.119 e. The van der Waals surface area contributed by atoms with Gasteiger partial charge >= 0.3 is 0 Å². The summed E-state index contributed by atoms with van der Waals surface area (Å²) in [5.41, 5.74) is 4.89. The van der Waals surface area contributed by atoms with Crippen LogP contribution in [0.4, 0.5) is 0 Å². The molecule has 0 radical (unpaired) electrons. The van der Waals surface area contributed by atoms with Crippen LogP contribution in [0.2, 0.25) is 0 Å². The van der Waals surface area contributed by atoms with Crippen LogP contribution in [0.25, 0.3) is 22.2 Å². The summed E-state index contributed by atoms with van der Waals surface area (Å²) in [5, 5.41) is 3.66. The largest absolute Gasteiger partial charge is 0.492 e. The van der Waals surface area contributed by atoms with Crippen molar-refractivity contribution < 1.29 is 4.74 Å². The van der Waals surface area contributed by atoms with Crippen molar-refractivity contribution in [2.45, 2.75) is 45.6 Å². The number of rotatable bonds is 6. The lowest BCUT2D eigenvalue weighted by atomic mass is 9.75. The number of nitrogens with one attached hydrogen (secondary N) is 2. The van der Waals surface area contributed by atoms with Crippen molar-refractivity contribution >= 4 is 11.0 Å². The van der Waals surface area contributed by atoms with Crippen molar-refractivity contribution in [3.63, 3.8) is 0 Å². The molecule has 142 valence electrons. The Balaban J connectivity index is 1.30. The molecular formula is C23H29N3O. The molecule has 4 heteroatoms. The molecule has 0 spiro atoms. The molecule has 0 unspecified atom stereocenters. The van der Waals surface area contributed by atoms with Gasteiger partial charge in [-0.1, -0.05) is 32.0 Å². The molecular weight excluding hydrogens is 334 g/mol. The number of aromatic amines is 1. The highest BCUT2D eigenvalue weighted by Crippen LogP contribution is 2.34. The Morgan fingerprint density at radius 3 is 2.78 bits per heavy atom. The molecule has 0 saturated heterocycles. The minimum absolute atomic E-state index is 0.522. The van der Waals surface area contributed by atoms with Gasteiger partial charge in [-0.2, -0.15) is 0 Å². The van der Waals surface area contributed by atoms with Crippen LogP contribution in [-0.2, 0) is 0 Å². The van der Waals surface area contributed by atoms with Crippen LogP contribution in [0.15, 0.2) is 48.8 Å². The van der Waals surface area contributed by atoms with Gasteiger partial charge in [0.25, 0.3) is 0 Å². The van der Waals surface area contributed by atoms with Crippen LogP contribution in [0.5, 0.6) is 5.75 Å². The van der Waals surface area contributed by atoms with E-state index in [1.807, 2.05) is 12.1 Å². The second-order valence-corrected chi connectivity index (χ2v) is 8.40. The van der Waals surface area contributed by atoms with E-state index in [1.165, 1.54) is 31.2 Å². The van der Waals surface area contributed by atoms with E-state index < -0.39 is 0 Å². The van der Waals surface area contributed by atoms with Gasteiger partial charge in [0.15, 0.2) is 0 Å². The minimum Gasteiger partial charge on any atom is -0.492 e. The van der Waals surface area contributed by atoms with Crippen LogP contribution in [0.1, 0.15) is 39.5 Å². The molecule has 1 aliphatic carbocycles. The van der Waals surface area contributed by atoms with E-state index in [0.717, 1.165) is 28.9 Å². The Labute approximate surface area is 161 Å². The first-order chi connectivity index (χ1) is 13.1. The van der Waals surface area contributed by atoms with Gasteiger partial charge in [0.1, 0.15) is 12.4 Å². The molecule has 1 fully saturated rings. The number of imidazole rings is 1. The number of ether oxygens (including phenoxy) is 1. The summed E-state index contributed by atoms with van der Waals surface area (Å²) in [6.07, 6.45) is 6.91. The highest BCUT2D eigenvalue weighted by atomic mass is 16.5. The summed E-state index contributed by atoms with van der Waals surface area (Å²) in [6, 6.07) is 15.2. The molecule has 4 rings (SSSR count). The van der Waals surface area contributed by atoms with Gasteiger partial charge in [-0.15, -0.1) is 0 Å². The second-order valence-electron chi connectivity index (χ2n) is 8.40. The fourth-order valence-corrected chi connectivity index (χ4v) is 3.92. The van der Waals surface area contributed by atoms with E-state index in [-0.39, 0.29) is 0 Å². The fraction of sp³-hybridized carbons (Fsp3) is 0.435. The van der Waals surface area contributed by atoms with Crippen LogP contribution >= 0.6 is 0 Å². The van der Waals surface area contributed by atoms with Gasteiger partial charge < -0.3 is 15.0 Å². The zero-order valence-electron chi connectivity index (χ0n) is 16.3. The monoisotopic (exact) mass is 363 g/mol. The SMILES string of the molecule is CC1(C)CCC(NCCOc2cccc(-c3ccc4nc[nH]c4c3)c2)CC1. The lowest BCUT2D eigenvalue weighted by molar-refractivity contribution is 0.200. The van der Waals surface area contributed by atoms with Gasteiger partial charge in [-0.25, -0.2) is 4.98 Å². The summed E-state index contributed by atoms with van der Waals surface area (Å²) in [5.74, 6) is 0.920. The molecule has 0 bridgehead atoms. The minimum atomic E-state index is 0.522. The van der Waals surface area contributed by atoms with Crippen molar-refractivity contribution in [3.05, 3.63) is 48.8 Å². The van der Waals surface area contributed by atoms with Crippen molar-refractivity contribution in [1.29, 1.82) is 0 Å². The summed E-state index contributed by atoms with van der Waals surface area (Å²) in [7, 11) is 0. The van der Waals surface area contributed by atoms with Crippen LogP contribution < -0.4 is 10.1 Å². The van der Waals surface area contributed by atoms with Gasteiger partial charge in [-0.3, -0.25) is 0 Å². The molecule has 0 atom stereocenters. The number of aromatic nitrogens is 2. The summed E-state index contributed by atoms with van der Waals surface area (Å²) < 4.78 is 5.99. The standard InChI is InChI=1S/C23H29N3O/c1-23(2)10-8-19(9-11-23)24-12-13-27-20-5-3-4-17(14-20)18-6-7-21-22(15-18)26-16-25-21/h3-7,14-16,19,24H,8-13H2,1-2H3,(H,25,26). The summed E-state index contributed by atoms with van der Waals surface area (Å²) in [4.78, 5) is 7.45. The number of hydrogen-bond acceptors (Lipinski definition) is 3. The zero-order valence-corrected chi connectivity index (χ0v) is 16.3. The van der Waals surface area contributed by atoms with Crippen LogP contribution in [0, 0.1) is 5.41 Å². The van der Waals surface area contributed by atoms with Crippen molar-refractivity contribution in [1.82, 2.24) is 15.3 Å². The quantitative estimate of drug-likeness (QED) is 0.594. The summed E-state index contributed by atoms with van der Waals surface area (Å²) in [6.45, 7) is 6.35. The van der Waals surface area contributed by atoms with Gasteiger partial charge in [-0.05, 0) is 66.5 Å². The number of nitrogens with zero attached hydrogens (tertiary/aromatic N) is 1. The van der Waals surface area contributed by atoms with E-state index in [9.17, 15) is 0 Å². The first-order valence-corrected chi connectivity index (χ1v) is 9.99. The van der Waals surface area contributed by atoms with E-state index in [2.05, 4.69) is 59.5 Å². The Bertz CT molecular complexity index is 889.